The number of pyridine rings is 1. The van der Waals surface area contributed by atoms with E-state index >= 15 is 0 Å². The Morgan fingerprint density at radius 2 is 2.20 bits per heavy atom. The molecule has 2 aliphatic heterocycles. The van der Waals surface area contributed by atoms with Crippen LogP contribution in [0.15, 0.2) is 22.8 Å². The lowest BCUT2D eigenvalue weighted by Gasteiger charge is -2.33. The number of piperidine rings is 1. The SMILES string of the molecule is Brc1ccnc(NC2CCN(CC3CCOC3)CC2)c1. The third-order valence-electron chi connectivity index (χ3n) is 4.20. The second-order valence-electron chi connectivity index (χ2n) is 5.81. The summed E-state index contributed by atoms with van der Waals surface area (Å²) in [5.74, 6) is 1.73. The molecule has 0 radical (unpaired) electrons. The van der Waals surface area contributed by atoms with E-state index in [1.165, 1.54) is 38.9 Å². The molecule has 2 fully saturated rings. The first-order chi connectivity index (χ1) is 9.79. The highest BCUT2D eigenvalue weighted by Crippen LogP contribution is 2.20. The van der Waals surface area contributed by atoms with E-state index in [4.69, 9.17) is 4.74 Å². The number of ether oxygens (including phenoxy) is 1. The first kappa shape index (κ1) is 14.3. The van der Waals surface area contributed by atoms with Crippen LogP contribution in [0.3, 0.4) is 0 Å². The van der Waals surface area contributed by atoms with Crippen LogP contribution in [0.25, 0.3) is 0 Å². The maximum absolute atomic E-state index is 5.46. The Morgan fingerprint density at radius 3 is 2.90 bits per heavy atom. The molecule has 1 atom stereocenters. The summed E-state index contributed by atoms with van der Waals surface area (Å²) in [6.45, 7) is 5.49. The number of halogens is 1. The van der Waals surface area contributed by atoms with Crippen molar-refractivity contribution in [3.05, 3.63) is 22.8 Å². The lowest BCUT2D eigenvalue weighted by atomic mass is 10.0. The standard InChI is InChI=1S/C15H22BrN3O/c16-13-1-5-17-15(9-13)18-14-2-6-19(7-3-14)10-12-4-8-20-11-12/h1,5,9,12,14H,2-4,6-8,10-11H2,(H,17,18). The molecule has 1 aromatic heterocycles. The minimum atomic E-state index is 0.549. The Morgan fingerprint density at radius 1 is 1.35 bits per heavy atom. The van der Waals surface area contributed by atoms with Crippen molar-refractivity contribution in [3.8, 4) is 0 Å². The van der Waals surface area contributed by atoms with Crippen molar-refractivity contribution in [2.24, 2.45) is 5.92 Å². The molecule has 2 aliphatic rings. The Balaban J connectivity index is 1.43. The molecule has 3 heterocycles. The Hall–Kier alpha value is -0.650. The Labute approximate surface area is 129 Å². The third-order valence-corrected chi connectivity index (χ3v) is 4.70. The van der Waals surface area contributed by atoms with Gasteiger partial charge >= 0.3 is 0 Å². The van der Waals surface area contributed by atoms with Gasteiger partial charge < -0.3 is 15.0 Å². The van der Waals surface area contributed by atoms with E-state index in [-0.39, 0.29) is 0 Å². The summed E-state index contributed by atoms with van der Waals surface area (Å²) in [5, 5.41) is 3.54. The molecule has 0 spiro atoms. The molecule has 0 amide bonds. The number of nitrogens with one attached hydrogen (secondary N) is 1. The van der Waals surface area contributed by atoms with Crippen molar-refractivity contribution >= 4 is 21.7 Å². The van der Waals surface area contributed by atoms with Crippen LogP contribution in [0.4, 0.5) is 5.82 Å². The predicted molar refractivity (Wildman–Crippen MR) is 83.9 cm³/mol. The first-order valence-electron chi connectivity index (χ1n) is 7.48. The van der Waals surface area contributed by atoms with Crippen molar-refractivity contribution in [2.75, 3.05) is 38.2 Å². The molecular formula is C15H22BrN3O. The van der Waals surface area contributed by atoms with Crippen molar-refractivity contribution in [2.45, 2.75) is 25.3 Å². The van der Waals surface area contributed by atoms with Crippen molar-refractivity contribution in [3.63, 3.8) is 0 Å². The number of rotatable bonds is 4. The zero-order valence-electron chi connectivity index (χ0n) is 11.7. The molecule has 0 aromatic carbocycles. The van der Waals surface area contributed by atoms with Crippen LogP contribution in [0.2, 0.25) is 0 Å². The largest absolute Gasteiger partial charge is 0.381 e. The average molecular weight is 340 g/mol. The predicted octanol–water partition coefficient (Wildman–Crippen LogP) is 2.76. The molecule has 110 valence electrons. The molecule has 20 heavy (non-hydrogen) atoms. The van der Waals surface area contributed by atoms with E-state index in [2.05, 4.69) is 31.1 Å². The molecule has 3 rings (SSSR count). The van der Waals surface area contributed by atoms with Crippen molar-refractivity contribution in [1.82, 2.24) is 9.88 Å². The highest BCUT2D eigenvalue weighted by molar-refractivity contribution is 9.10. The van der Waals surface area contributed by atoms with Crippen molar-refractivity contribution < 1.29 is 4.74 Å². The van der Waals surface area contributed by atoms with Gasteiger partial charge in [0.25, 0.3) is 0 Å². The second kappa shape index (κ2) is 6.87. The van der Waals surface area contributed by atoms with E-state index in [1.807, 2.05) is 18.3 Å². The zero-order valence-corrected chi connectivity index (χ0v) is 13.3. The molecule has 0 aliphatic carbocycles. The van der Waals surface area contributed by atoms with Gasteiger partial charge in [0.2, 0.25) is 0 Å². The number of anilines is 1. The fourth-order valence-corrected chi connectivity index (χ4v) is 3.38. The van der Waals surface area contributed by atoms with Crippen molar-refractivity contribution in [1.29, 1.82) is 0 Å². The summed E-state index contributed by atoms with van der Waals surface area (Å²) < 4.78 is 6.54. The molecule has 4 nitrogen and oxygen atoms in total. The number of nitrogens with zero attached hydrogens (tertiary/aromatic N) is 2. The molecule has 1 N–H and O–H groups in total. The normalized spacial score (nSPS) is 24.9. The molecule has 1 unspecified atom stereocenters. The second-order valence-corrected chi connectivity index (χ2v) is 6.72. The summed E-state index contributed by atoms with van der Waals surface area (Å²) in [7, 11) is 0. The molecule has 0 saturated carbocycles. The van der Waals surface area contributed by atoms with Crippen LogP contribution in [0, 0.1) is 5.92 Å². The summed E-state index contributed by atoms with van der Waals surface area (Å²) in [4.78, 5) is 6.95. The van der Waals surface area contributed by atoms with Crippen LogP contribution in [-0.4, -0.2) is 48.8 Å². The maximum atomic E-state index is 5.46. The van der Waals surface area contributed by atoms with Crippen LogP contribution in [0.5, 0.6) is 0 Å². The van der Waals surface area contributed by atoms with Crippen LogP contribution in [-0.2, 0) is 4.74 Å². The maximum Gasteiger partial charge on any atom is 0.127 e. The quantitative estimate of drug-likeness (QED) is 0.915. The molecule has 2 saturated heterocycles. The molecule has 5 heteroatoms. The highest BCUT2D eigenvalue weighted by atomic mass is 79.9. The lowest BCUT2D eigenvalue weighted by Crippen LogP contribution is -2.41. The molecule has 1 aromatic rings. The van der Waals surface area contributed by atoms with Gasteiger partial charge in [0.05, 0.1) is 6.61 Å². The van der Waals surface area contributed by atoms with E-state index < -0.39 is 0 Å². The van der Waals surface area contributed by atoms with Gasteiger partial charge in [-0.3, -0.25) is 0 Å². The van der Waals surface area contributed by atoms with E-state index in [0.717, 1.165) is 29.4 Å². The Kier molecular flexibility index (Phi) is 4.91. The van der Waals surface area contributed by atoms with E-state index in [1.54, 1.807) is 0 Å². The van der Waals surface area contributed by atoms with Gasteiger partial charge in [-0.1, -0.05) is 15.9 Å². The fraction of sp³-hybridized carbons (Fsp3) is 0.667. The highest BCUT2D eigenvalue weighted by Gasteiger charge is 2.23. The minimum absolute atomic E-state index is 0.549. The van der Waals surface area contributed by atoms with Gasteiger partial charge in [-0.05, 0) is 37.3 Å². The van der Waals surface area contributed by atoms with E-state index in [0.29, 0.717) is 6.04 Å². The number of hydrogen-bond donors (Lipinski definition) is 1. The van der Waals surface area contributed by atoms with Gasteiger partial charge in [0.1, 0.15) is 5.82 Å². The third kappa shape index (κ3) is 3.93. The topological polar surface area (TPSA) is 37.4 Å². The number of hydrogen-bond acceptors (Lipinski definition) is 4. The number of likely N-dealkylation sites (tertiary alicyclic amines) is 1. The summed E-state index contributed by atoms with van der Waals surface area (Å²) in [6.07, 6.45) is 5.46. The summed E-state index contributed by atoms with van der Waals surface area (Å²) in [6, 6.07) is 4.55. The summed E-state index contributed by atoms with van der Waals surface area (Å²) in [5.41, 5.74) is 0. The van der Waals surface area contributed by atoms with Gasteiger partial charge in [-0.25, -0.2) is 4.98 Å². The lowest BCUT2D eigenvalue weighted by molar-refractivity contribution is 0.154. The van der Waals surface area contributed by atoms with Gasteiger partial charge in [0.15, 0.2) is 0 Å². The summed E-state index contributed by atoms with van der Waals surface area (Å²) >= 11 is 3.49. The minimum Gasteiger partial charge on any atom is -0.381 e. The van der Waals surface area contributed by atoms with E-state index in [9.17, 15) is 0 Å². The molecular weight excluding hydrogens is 318 g/mol. The monoisotopic (exact) mass is 339 g/mol. The first-order valence-corrected chi connectivity index (χ1v) is 8.27. The number of aromatic nitrogens is 1. The Bertz CT molecular complexity index is 429. The van der Waals surface area contributed by atoms with Crippen LogP contribution in [0.1, 0.15) is 19.3 Å². The molecule has 0 bridgehead atoms. The van der Waals surface area contributed by atoms with Gasteiger partial charge in [-0.15, -0.1) is 0 Å². The van der Waals surface area contributed by atoms with Gasteiger partial charge in [0, 0.05) is 43.0 Å². The zero-order chi connectivity index (χ0) is 13.8. The average Bonchev–Trinajstić information content (AvgIpc) is 2.94. The fourth-order valence-electron chi connectivity index (χ4n) is 3.05. The van der Waals surface area contributed by atoms with Gasteiger partial charge in [-0.2, -0.15) is 0 Å². The van der Waals surface area contributed by atoms with Crippen LogP contribution >= 0.6 is 15.9 Å². The smallest absolute Gasteiger partial charge is 0.127 e. The van der Waals surface area contributed by atoms with Crippen LogP contribution < -0.4 is 5.32 Å².